The highest BCUT2D eigenvalue weighted by molar-refractivity contribution is 6.31. The molecule has 1 aliphatic rings. The first-order valence-electron chi connectivity index (χ1n) is 5.45. The van der Waals surface area contributed by atoms with Crippen molar-refractivity contribution in [3.05, 3.63) is 35.2 Å². The number of furan rings is 1. The Hall–Kier alpha value is -1.03. The third-order valence-electron chi connectivity index (χ3n) is 2.95. The van der Waals surface area contributed by atoms with Gasteiger partial charge in [0.2, 0.25) is 0 Å². The van der Waals surface area contributed by atoms with Crippen LogP contribution in [0.25, 0.3) is 10.8 Å². The van der Waals surface area contributed by atoms with Crippen molar-refractivity contribution >= 4 is 22.4 Å². The minimum Gasteiger partial charge on any atom is -0.466 e. The average molecular weight is 237 g/mol. The van der Waals surface area contributed by atoms with Crippen LogP contribution in [0.5, 0.6) is 0 Å². The summed E-state index contributed by atoms with van der Waals surface area (Å²) in [4.78, 5) is 0. The smallest absolute Gasteiger partial charge is 0.129 e. The molecule has 3 rings (SSSR count). The second kappa shape index (κ2) is 4.09. The highest BCUT2D eigenvalue weighted by atomic mass is 35.5. The van der Waals surface area contributed by atoms with Gasteiger partial charge in [-0.1, -0.05) is 11.6 Å². The Balaban J connectivity index is 2.03. The molecule has 16 heavy (non-hydrogen) atoms. The van der Waals surface area contributed by atoms with Gasteiger partial charge in [0.15, 0.2) is 0 Å². The van der Waals surface area contributed by atoms with Gasteiger partial charge in [0, 0.05) is 35.4 Å². The Morgan fingerprint density at radius 1 is 1.31 bits per heavy atom. The number of fused-ring (bicyclic) bond motifs is 1. The molecule has 0 amide bonds. The second-order valence-electron chi connectivity index (χ2n) is 4.04. The molecule has 2 N–H and O–H groups in total. The molecule has 0 radical (unpaired) electrons. The van der Waals surface area contributed by atoms with Gasteiger partial charge in [0.05, 0.1) is 12.3 Å². The molecule has 0 bridgehead atoms. The van der Waals surface area contributed by atoms with Crippen LogP contribution in [0.2, 0.25) is 5.02 Å². The number of halogens is 1. The molecular weight excluding hydrogens is 224 g/mol. The molecule has 1 unspecified atom stereocenters. The molecule has 4 heteroatoms. The third kappa shape index (κ3) is 1.71. The van der Waals surface area contributed by atoms with E-state index in [4.69, 9.17) is 16.0 Å². The summed E-state index contributed by atoms with van der Waals surface area (Å²) in [6.07, 6.45) is 1.77. The van der Waals surface area contributed by atoms with Gasteiger partial charge < -0.3 is 15.1 Å². The standard InChI is InChI=1S/C12H13ClN2O/c13-9-1-2-10-8(5-9)7-16-12(10)11-6-14-3-4-15-11/h1-2,5,7,11,14-15H,3-4,6H2. The summed E-state index contributed by atoms with van der Waals surface area (Å²) in [6, 6.07) is 6.11. The molecule has 2 aromatic rings. The Morgan fingerprint density at radius 3 is 3.06 bits per heavy atom. The van der Waals surface area contributed by atoms with E-state index in [1.807, 2.05) is 18.2 Å². The summed E-state index contributed by atoms with van der Waals surface area (Å²) >= 11 is 5.94. The zero-order valence-electron chi connectivity index (χ0n) is 8.79. The van der Waals surface area contributed by atoms with E-state index in [1.165, 1.54) is 0 Å². The van der Waals surface area contributed by atoms with E-state index in [2.05, 4.69) is 10.6 Å². The lowest BCUT2D eigenvalue weighted by Gasteiger charge is -2.22. The molecule has 0 aliphatic carbocycles. The first kappa shape index (κ1) is 10.1. The zero-order chi connectivity index (χ0) is 11.0. The SMILES string of the molecule is Clc1ccc2c(C3CNCCN3)occ2c1. The number of hydrogen-bond acceptors (Lipinski definition) is 3. The number of nitrogens with one attached hydrogen (secondary N) is 2. The molecule has 1 fully saturated rings. The van der Waals surface area contributed by atoms with E-state index < -0.39 is 0 Å². The first-order chi connectivity index (χ1) is 7.84. The maximum absolute atomic E-state index is 5.94. The monoisotopic (exact) mass is 236 g/mol. The topological polar surface area (TPSA) is 37.2 Å². The Labute approximate surface area is 98.8 Å². The fourth-order valence-corrected chi connectivity index (χ4v) is 2.34. The van der Waals surface area contributed by atoms with Gasteiger partial charge in [-0.15, -0.1) is 0 Å². The van der Waals surface area contributed by atoms with Crippen molar-refractivity contribution in [2.75, 3.05) is 19.6 Å². The van der Waals surface area contributed by atoms with Crippen LogP contribution in [0.1, 0.15) is 11.8 Å². The lowest BCUT2D eigenvalue weighted by atomic mass is 10.1. The molecule has 1 saturated heterocycles. The highest BCUT2D eigenvalue weighted by Gasteiger charge is 2.19. The summed E-state index contributed by atoms with van der Waals surface area (Å²) in [6.45, 7) is 2.90. The van der Waals surface area contributed by atoms with Crippen LogP contribution in [-0.4, -0.2) is 19.6 Å². The molecule has 1 aromatic heterocycles. The minimum atomic E-state index is 0.257. The van der Waals surface area contributed by atoms with Crippen LogP contribution in [0, 0.1) is 0 Å². The lowest BCUT2D eigenvalue weighted by Crippen LogP contribution is -2.42. The van der Waals surface area contributed by atoms with Crippen LogP contribution < -0.4 is 10.6 Å². The van der Waals surface area contributed by atoms with Crippen molar-refractivity contribution in [1.29, 1.82) is 0 Å². The van der Waals surface area contributed by atoms with Crippen LogP contribution in [0.15, 0.2) is 28.9 Å². The van der Waals surface area contributed by atoms with Crippen LogP contribution >= 0.6 is 11.6 Å². The van der Waals surface area contributed by atoms with Gasteiger partial charge in [-0.3, -0.25) is 0 Å². The van der Waals surface area contributed by atoms with Crippen molar-refractivity contribution in [3.63, 3.8) is 0 Å². The van der Waals surface area contributed by atoms with Crippen molar-refractivity contribution in [2.24, 2.45) is 0 Å². The van der Waals surface area contributed by atoms with Gasteiger partial charge in [0.1, 0.15) is 5.76 Å². The van der Waals surface area contributed by atoms with Crippen molar-refractivity contribution < 1.29 is 4.42 Å². The number of rotatable bonds is 1. The normalized spacial score (nSPS) is 21.4. The second-order valence-corrected chi connectivity index (χ2v) is 4.48. The van der Waals surface area contributed by atoms with Crippen LogP contribution in [0.4, 0.5) is 0 Å². The summed E-state index contributed by atoms with van der Waals surface area (Å²) in [5.41, 5.74) is 0. The molecule has 1 atom stereocenters. The van der Waals surface area contributed by atoms with E-state index in [-0.39, 0.29) is 6.04 Å². The molecule has 0 spiro atoms. The van der Waals surface area contributed by atoms with Gasteiger partial charge >= 0.3 is 0 Å². The zero-order valence-corrected chi connectivity index (χ0v) is 9.55. The van der Waals surface area contributed by atoms with Gasteiger partial charge in [0.25, 0.3) is 0 Å². The molecule has 0 saturated carbocycles. The summed E-state index contributed by atoms with van der Waals surface area (Å²) in [5.74, 6) is 0.999. The van der Waals surface area contributed by atoms with Gasteiger partial charge in [-0.2, -0.15) is 0 Å². The maximum atomic E-state index is 5.94. The van der Waals surface area contributed by atoms with E-state index in [0.29, 0.717) is 0 Å². The van der Waals surface area contributed by atoms with E-state index in [1.54, 1.807) is 6.26 Å². The summed E-state index contributed by atoms with van der Waals surface area (Å²) in [5, 5.41) is 9.74. The molecule has 1 aromatic carbocycles. The summed E-state index contributed by atoms with van der Waals surface area (Å²) < 4.78 is 5.65. The summed E-state index contributed by atoms with van der Waals surface area (Å²) in [7, 11) is 0. The van der Waals surface area contributed by atoms with Gasteiger partial charge in [-0.25, -0.2) is 0 Å². The fraction of sp³-hybridized carbons (Fsp3) is 0.333. The first-order valence-corrected chi connectivity index (χ1v) is 5.83. The maximum Gasteiger partial charge on any atom is 0.129 e. The van der Waals surface area contributed by atoms with Crippen LogP contribution in [-0.2, 0) is 0 Å². The Bertz CT molecular complexity index is 503. The molecular formula is C12H13ClN2O. The lowest BCUT2D eigenvalue weighted by molar-refractivity contribution is 0.367. The van der Waals surface area contributed by atoms with Crippen molar-refractivity contribution in [3.8, 4) is 0 Å². The molecule has 3 nitrogen and oxygen atoms in total. The van der Waals surface area contributed by atoms with Crippen molar-refractivity contribution in [1.82, 2.24) is 10.6 Å². The highest BCUT2D eigenvalue weighted by Crippen LogP contribution is 2.28. The molecule has 2 heterocycles. The third-order valence-corrected chi connectivity index (χ3v) is 3.18. The van der Waals surface area contributed by atoms with Crippen LogP contribution in [0.3, 0.4) is 0 Å². The molecule has 84 valence electrons. The Morgan fingerprint density at radius 2 is 2.25 bits per heavy atom. The van der Waals surface area contributed by atoms with E-state index >= 15 is 0 Å². The number of piperazine rings is 1. The van der Waals surface area contributed by atoms with Gasteiger partial charge in [-0.05, 0) is 18.2 Å². The number of benzene rings is 1. The quantitative estimate of drug-likeness (QED) is 0.798. The Kier molecular flexibility index (Phi) is 2.59. The largest absolute Gasteiger partial charge is 0.466 e. The minimum absolute atomic E-state index is 0.257. The average Bonchev–Trinajstić information content (AvgIpc) is 2.73. The predicted molar refractivity (Wildman–Crippen MR) is 64.8 cm³/mol. The predicted octanol–water partition coefficient (Wildman–Crippen LogP) is 2.32. The number of hydrogen-bond donors (Lipinski definition) is 2. The fourth-order valence-electron chi connectivity index (χ4n) is 2.15. The van der Waals surface area contributed by atoms with E-state index in [9.17, 15) is 0 Å². The van der Waals surface area contributed by atoms with E-state index in [0.717, 1.165) is 41.2 Å². The molecule has 1 aliphatic heterocycles. The van der Waals surface area contributed by atoms with Crippen molar-refractivity contribution in [2.45, 2.75) is 6.04 Å².